The second-order valence-corrected chi connectivity index (χ2v) is 8.49. The maximum Gasteiger partial charge on any atom is 0.224 e. The average Bonchev–Trinajstić information content (AvgIpc) is 3.16. The molecule has 0 unspecified atom stereocenters. The molecule has 0 aliphatic rings. The predicted octanol–water partition coefficient (Wildman–Crippen LogP) is 5.60. The summed E-state index contributed by atoms with van der Waals surface area (Å²) < 4.78 is 15.5. The summed E-state index contributed by atoms with van der Waals surface area (Å²) in [5.41, 5.74) is 5.36. The van der Waals surface area contributed by atoms with Gasteiger partial charge in [-0.05, 0) is 60.7 Å². The lowest BCUT2D eigenvalue weighted by Gasteiger charge is -2.10. The minimum atomic E-state index is -0.222. The minimum Gasteiger partial charge on any atom is -0.356 e. The van der Waals surface area contributed by atoms with E-state index in [-0.39, 0.29) is 11.7 Å². The molecule has 0 spiro atoms. The van der Waals surface area contributed by atoms with Crippen molar-refractivity contribution < 1.29 is 9.18 Å². The summed E-state index contributed by atoms with van der Waals surface area (Å²) in [6, 6.07) is 22.8. The molecule has 1 N–H and O–H groups in total. The van der Waals surface area contributed by atoms with Crippen molar-refractivity contribution in [2.75, 3.05) is 6.54 Å². The van der Waals surface area contributed by atoms with Gasteiger partial charge in [-0.25, -0.2) is 9.37 Å². The molecule has 33 heavy (non-hydrogen) atoms. The second kappa shape index (κ2) is 10.9. The van der Waals surface area contributed by atoms with E-state index in [1.807, 2.05) is 61.5 Å². The molecule has 4 rings (SSSR count). The van der Waals surface area contributed by atoms with Crippen LogP contribution < -0.4 is 5.32 Å². The number of fused-ring (bicyclic) bond motifs is 1. The molecule has 5 heteroatoms. The fraction of sp³-hybridized carbons (Fsp3) is 0.286. The van der Waals surface area contributed by atoms with Crippen LogP contribution in [0, 0.1) is 12.7 Å². The van der Waals surface area contributed by atoms with Crippen molar-refractivity contribution in [3.63, 3.8) is 0 Å². The Balaban J connectivity index is 1.28. The van der Waals surface area contributed by atoms with E-state index in [4.69, 9.17) is 4.98 Å². The monoisotopic (exact) mass is 443 g/mol. The van der Waals surface area contributed by atoms with Gasteiger partial charge in [0.2, 0.25) is 5.91 Å². The predicted molar refractivity (Wildman–Crippen MR) is 131 cm³/mol. The Morgan fingerprint density at radius 1 is 0.939 bits per heavy atom. The van der Waals surface area contributed by atoms with Crippen LogP contribution in [0.5, 0.6) is 0 Å². The van der Waals surface area contributed by atoms with E-state index in [2.05, 4.69) is 16.0 Å². The van der Waals surface area contributed by atoms with Crippen LogP contribution in [0.25, 0.3) is 11.0 Å². The number of hydrogen-bond acceptors (Lipinski definition) is 2. The first-order valence-electron chi connectivity index (χ1n) is 11.6. The van der Waals surface area contributed by atoms with Gasteiger partial charge >= 0.3 is 0 Å². The summed E-state index contributed by atoms with van der Waals surface area (Å²) in [4.78, 5) is 17.1. The van der Waals surface area contributed by atoms with Gasteiger partial charge in [-0.2, -0.15) is 0 Å². The lowest BCUT2D eigenvalue weighted by atomic mass is 10.1. The number of aromatic nitrogens is 2. The number of benzene rings is 3. The molecule has 0 saturated carbocycles. The Labute approximate surface area is 194 Å². The molecule has 0 bridgehead atoms. The van der Waals surface area contributed by atoms with Gasteiger partial charge in [0.15, 0.2) is 0 Å². The Bertz CT molecular complexity index is 1210. The third kappa shape index (κ3) is 6.07. The highest BCUT2D eigenvalue weighted by molar-refractivity contribution is 5.78. The summed E-state index contributed by atoms with van der Waals surface area (Å²) in [7, 11) is 0. The third-order valence-electron chi connectivity index (χ3n) is 6.00. The maximum atomic E-state index is 13.3. The summed E-state index contributed by atoms with van der Waals surface area (Å²) in [6.07, 6.45) is 4.26. The van der Waals surface area contributed by atoms with Crippen molar-refractivity contribution in [1.29, 1.82) is 0 Å². The van der Waals surface area contributed by atoms with Crippen LogP contribution >= 0.6 is 0 Å². The molecule has 0 atom stereocenters. The number of hydrogen-bond donors (Lipinski definition) is 1. The molecule has 0 fully saturated rings. The fourth-order valence-electron chi connectivity index (χ4n) is 4.12. The minimum absolute atomic E-state index is 0.0744. The molecule has 0 aliphatic heterocycles. The highest BCUT2D eigenvalue weighted by atomic mass is 19.1. The van der Waals surface area contributed by atoms with Crippen molar-refractivity contribution in [2.24, 2.45) is 0 Å². The number of amides is 1. The number of imidazole rings is 1. The molecule has 4 aromatic rings. The van der Waals surface area contributed by atoms with Gasteiger partial charge in [-0.15, -0.1) is 0 Å². The molecule has 1 heterocycles. The first-order chi connectivity index (χ1) is 16.1. The van der Waals surface area contributed by atoms with Crippen LogP contribution in [0.3, 0.4) is 0 Å². The summed E-state index contributed by atoms with van der Waals surface area (Å²) in [5.74, 6) is 0.898. The van der Waals surface area contributed by atoms with Crippen molar-refractivity contribution in [3.05, 3.63) is 101 Å². The number of unbranched alkanes of at least 4 members (excludes halogenated alkanes) is 2. The molecule has 4 nitrogen and oxygen atoms in total. The van der Waals surface area contributed by atoms with E-state index in [1.165, 1.54) is 12.1 Å². The van der Waals surface area contributed by atoms with Crippen molar-refractivity contribution in [3.8, 4) is 0 Å². The smallest absolute Gasteiger partial charge is 0.224 e. The normalized spacial score (nSPS) is 11.1. The number of para-hydroxylation sites is 2. The summed E-state index contributed by atoms with van der Waals surface area (Å²) in [5, 5.41) is 3.04. The SMILES string of the molecule is Cc1ccccc1CC(=O)NCCCCCc1nc2ccccc2n1Cc1ccc(F)cc1. The Kier molecular flexibility index (Phi) is 7.51. The van der Waals surface area contributed by atoms with Gasteiger partial charge in [0, 0.05) is 19.5 Å². The van der Waals surface area contributed by atoms with E-state index in [9.17, 15) is 9.18 Å². The maximum absolute atomic E-state index is 13.3. The Morgan fingerprint density at radius 3 is 2.52 bits per heavy atom. The molecular formula is C28H30FN3O. The van der Waals surface area contributed by atoms with E-state index in [1.54, 1.807) is 0 Å². The van der Waals surface area contributed by atoms with Gasteiger partial charge < -0.3 is 9.88 Å². The molecule has 0 aliphatic carbocycles. The lowest BCUT2D eigenvalue weighted by molar-refractivity contribution is -0.120. The van der Waals surface area contributed by atoms with Gasteiger partial charge in [-0.3, -0.25) is 4.79 Å². The topological polar surface area (TPSA) is 46.9 Å². The number of nitrogens with one attached hydrogen (secondary N) is 1. The molecule has 3 aromatic carbocycles. The van der Waals surface area contributed by atoms with E-state index in [0.29, 0.717) is 19.5 Å². The number of aryl methyl sites for hydroxylation is 2. The second-order valence-electron chi connectivity index (χ2n) is 8.49. The molecule has 1 amide bonds. The quantitative estimate of drug-likeness (QED) is 0.324. The molecule has 0 saturated heterocycles. The first-order valence-corrected chi connectivity index (χ1v) is 11.6. The van der Waals surface area contributed by atoms with Crippen molar-refractivity contribution in [1.82, 2.24) is 14.9 Å². The van der Waals surface area contributed by atoms with E-state index in [0.717, 1.165) is 59.2 Å². The van der Waals surface area contributed by atoms with Crippen LogP contribution in [0.2, 0.25) is 0 Å². The highest BCUT2D eigenvalue weighted by Gasteiger charge is 2.11. The zero-order chi connectivity index (χ0) is 23.0. The largest absolute Gasteiger partial charge is 0.356 e. The van der Waals surface area contributed by atoms with Crippen LogP contribution in [0.1, 0.15) is 41.8 Å². The Hall–Kier alpha value is -3.47. The van der Waals surface area contributed by atoms with Gasteiger partial charge in [0.1, 0.15) is 11.6 Å². The molecule has 1 aromatic heterocycles. The van der Waals surface area contributed by atoms with E-state index < -0.39 is 0 Å². The third-order valence-corrected chi connectivity index (χ3v) is 6.00. The number of nitrogens with zero attached hydrogens (tertiary/aromatic N) is 2. The van der Waals surface area contributed by atoms with Crippen LogP contribution in [-0.2, 0) is 24.2 Å². The summed E-state index contributed by atoms with van der Waals surface area (Å²) in [6.45, 7) is 3.40. The van der Waals surface area contributed by atoms with Crippen molar-refractivity contribution in [2.45, 2.75) is 45.6 Å². The van der Waals surface area contributed by atoms with Crippen LogP contribution in [-0.4, -0.2) is 22.0 Å². The number of rotatable bonds is 10. The van der Waals surface area contributed by atoms with Gasteiger partial charge in [-0.1, -0.05) is 55.0 Å². The Morgan fingerprint density at radius 2 is 1.70 bits per heavy atom. The van der Waals surface area contributed by atoms with Crippen molar-refractivity contribution >= 4 is 16.9 Å². The molecule has 170 valence electrons. The highest BCUT2D eigenvalue weighted by Crippen LogP contribution is 2.20. The zero-order valence-electron chi connectivity index (χ0n) is 19.1. The van der Waals surface area contributed by atoms with Crippen LogP contribution in [0.15, 0.2) is 72.8 Å². The number of carbonyl (C=O) groups excluding carboxylic acids is 1. The number of halogens is 1. The molecule has 0 radical (unpaired) electrons. The van der Waals surface area contributed by atoms with E-state index >= 15 is 0 Å². The number of carbonyl (C=O) groups is 1. The fourth-order valence-corrected chi connectivity index (χ4v) is 4.12. The first kappa shape index (κ1) is 22.7. The standard InChI is InChI=1S/C28H30FN3O/c1-21-9-4-5-10-23(21)19-28(33)30-18-8-2-3-13-27-31-25-11-6-7-12-26(25)32(27)20-22-14-16-24(29)17-15-22/h4-7,9-12,14-17H,2-3,8,13,18-20H2,1H3,(H,30,33). The van der Waals surface area contributed by atoms with Gasteiger partial charge in [0.05, 0.1) is 17.5 Å². The summed E-state index contributed by atoms with van der Waals surface area (Å²) >= 11 is 0. The van der Waals surface area contributed by atoms with Crippen LogP contribution in [0.4, 0.5) is 4.39 Å². The zero-order valence-corrected chi connectivity index (χ0v) is 19.1. The van der Waals surface area contributed by atoms with Gasteiger partial charge in [0.25, 0.3) is 0 Å². The average molecular weight is 444 g/mol. The lowest BCUT2D eigenvalue weighted by Crippen LogP contribution is -2.26. The molecular weight excluding hydrogens is 413 g/mol.